The maximum absolute atomic E-state index is 13.1. The molecule has 11 heteroatoms. The number of carbonyl (C=O) groups excluding carboxylic acids is 2. The highest BCUT2D eigenvalue weighted by atomic mass is 19.4. The van der Waals surface area contributed by atoms with Crippen LogP contribution in [0.15, 0.2) is 85.1 Å². The van der Waals surface area contributed by atoms with Crippen molar-refractivity contribution in [3.63, 3.8) is 0 Å². The molecule has 0 spiro atoms. The molecule has 1 aromatic heterocycles. The summed E-state index contributed by atoms with van der Waals surface area (Å²) in [5.41, 5.74) is 1.95. The molecule has 1 heterocycles. The molecule has 0 aliphatic rings. The van der Waals surface area contributed by atoms with E-state index in [0.717, 1.165) is 30.9 Å². The van der Waals surface area contributed by atoms with Gasteiger partial charge in [-0.15, -0.1) is 0 Å². The Balaban J connectivity index is 1.63. The molecule has 4 aromatic rings. The predicted molar refractivity (Wildman–Crippen MR) is 157 cm³/mol. The van der Waals surface area contributed by atoms with Crippen molar-refractivity contribution in [1.29, 1.82) is 0 Å². The largest absolute Gasteiger partial charge is 0.478 e. The topological polar surface area (TPSA) is 112 Å². The van der Waals surface area contributed by atoms with E-state index in [1.54, 1.807) is 6.07 Å². The first-order valence-corrected chi connectivity index (χ1v) is 13.4. The smallest absolute Gasteiger partial charge is 0.416 e. The molecule has 3 aromatic carbocycles. The number of nitrogens with one attached hydrogen (secondary N) is 2. The fraction of sp³-hybridized carbons (Fsp3) is 0.188. The number of hydrogen-bond donors (Lipinski definition) is 3. The number of carboxylic acid groups (broad SMARTS) is 1. The van der Waals surface area contributed by atoms with Crippen LogP contribution in [0, 0.1) is 0 Å². The fourth-order valence-corrected chi connectivity index (χ4v) is 4.49. The minimum absolute atomic E-state index is 0.0322. The summed E-state index contributed by atoms with van der Waals surface area (Å²) in [7, 11) is 0. The molecule has 0 bridgehead atoms. The van der Waals surface area contributed by atoms with Crippen molar-refractivity contribution >= 4 is 29.2 Å². The van der Waals surface area contributed by atoms with Gasteiger partial charge in [-0.1, -0.05) is 18.2 Å². The quantitative estimate of drug-likeness (QED) is 0.195. The monoisotopic (exact) mass is 590 g/mol. The second kappa shape index (κ2) is 13.2. The van der Waals surface area contributed by atoms with Gasteiger partial charge in [-0.3, -0.25) is 14.6 Å². The molecule has 0 saturated heterocycles. The van der Waals surface area contributed by atoms with Crippen LogP contribution in [-0.4, -0.2) is 41.0 Å². The van der Waals surface area contributed by atoms with E-state index >= 15 is 0 Å². The molecular weight excluding hydrogens is 561 g/mol. The first kappa shape index (κ1) is 30.8. The van der Waals surface area contributed by atoms with Crippen molar-refractivity contribution in [2.75, 3.05) is 23.3 Å². The Morgan fingerprint density at radius 1 is 0.837 bits per heavy atom. The third-order valence-corrected chi connectivity index (χ3v) is 6.76. The molecule has 0 unspecified atom stereocenters. The highest BCUT2D eigenvalue weighted by Gasteiger charge is 2.30. The molecule has 8 nitrogen and oxygen atoms in total. The van der Waals surface area contributed by atoms with Gasteiger partial charge in [-0.2, -0.15) is 13.2 Å². The Kier molecular flexibility index (Phi) is 9.44. The Morgan fingerprint density at radius 3 is 2.23 bits per heavy atom. The van der Waals surface area contributed by atoms with Crippen molar-refractivity contribution in [1.82, 2.24) is 10.3 Å². The minimum Gasteiger partial charge on any atom is -0.478 e. The number of hydrogen-bond acceptors (Lipinski definition) is 5. The first-order chi connectivity index (χ1) is 20.5. The number of amides is 2. The maximum Gasteiger partial charge on any atom is 0.416 e. The normalized spacial score (nSPS) is 11.1. The zero-order valence-electron chi connectivity index (χ0n) is 23.4. The number of nitrogens with zero attached hydrogens (tertiary/aromatic N) is 2. The molecule has 0 radical (unpaired) electrons. The van der Waals surface area contributed by atoms with Gasteiger partial charge in [0, 0.05) is 48.2 Å². The summed E-state index contributed by atoms with van der Waals surface area (Å²) < 4.78 is 39.2. The minimum atomic E-state index is -4.49. The molecule has 0 saturated carbocycles. The van der Waals surface area contributed by atoms with Crippen LogP contribution in [-0.2, 0) is 12.7 Å². The summed E-state index contributed by atoms with van der Waals surface area (Å²) >= 11 is 0. The van der Waals surface area contributed by atoms with Crippen LogP contribution in [0.1, 0.15) is 56.0 Å². The van der Waals surface area contributed by atoms with E-state index in [9.17, 15) is 32.7 Å². The number of benzene rings is 3. The number of alkyl halides is 3. The number of aromatic carboxylic acids is 1. The summed E-state index contributed by atoms with van der Waals surface area (Å²) in [6.07, 6.45) is -3.06. The van der Waals surface area contributed by atoms with E-state index in [4.69, 9.17) is 0 Å². The number of anilines is 2. The van der Waals surface area contributed by atoms with Gasteiger partial charge in [0.05, 0.1) is 22.5 Å². The Bertz CT molecular complexity index is 1650. The van der Waals surface area contributed by atoms with E-state index in [0.29, 0.717) is 22.5 Å². The van der Waals surface area contributed by atoms with Gasteiger partial charge in [-0.25, -0.2) is 4.79 Å². The lowest BCUT2D eigenvalue weighted by molar-refractivity contribution is -0.137. The Hall–Kier alpha value is -5.19. The van der Waals surface area contributed by atoms with Crippen LogP contribution >= 0.6 is 0 Å². The molecule has 2 amide bonds. The van der Waals surface area contributed by atoms with Crippen LogP contribution in [0.3, 0.4) is 0 Å². The lowest BCUT2D eigenvalue weighted by Crippen LogP contribution is -2.23. The van der Waals surface area contributed by atoms with Crippen LogP contribution in [0.25, 0.3) is 11.3 Å². The SMILES string of the molecule is CCN(CC)c1ccc(NC(=O)c2cccc(C(=O)O)c2)c(-c2cc(C(=O)NCc3cccc(C(F)(F)F)c3)ccn2)c1. The predicted octanol–water partition coefficient (Wildman–Crippen LogP) is 6.49. The first-order valence-electron chi connectivity index (χ1n) is 13.4. The lowest BCUT2D eigenvalue weighted by Gasteiger charge is -2.23. The van der Waals surface area contributed by atoms with Gasteiger partial charge < -0.3 is 20.6 Å². The van der Waals surface area contributed by atoms with Crippen molar-refractivity contribution in [2.45, 2.75) is 26.6 Å². The highest BCUT2D eigenvalue weighted by molar-refractivity contribution is 6.07. The molecule has 0 atom stereocenters. The third kappa shape index (κ3) is 7.56. The van der Waals surface area contributed by atoms with Crippen molar-refractivity contribution in [3.8, 4) is 11.3 Å². The van der Waals surface area contributed by atoms with Gasteiger partial charge in [-0.05, 0) is 80.1 Å². The Labute approximate surface area is 246 Å². The van der Waals surface area contributed by atoms with E-state index < -0.39 is 29.5 Å². The number of carbonyl (C=O) groups is 3. The summed E-state index contributed by atoms with van der Waals surface area (Å²) in [6, 6.07) is 18.8. The van der Waals surface area contributed by atoms with E-state index in [2.05, 4.69) is 20.5 Å². The van der Waals surface area contributed by atoms with Gasteiger partial charge in [0.2, 0.25) is 0 Å². The number of aromatic nitrogens is 1. The maximum atomic E-state index is 13.1. The second-order valence-corrected chi connectivity index (χ2v) is 9.55. The van der Waals surface area contributed by atoms with Crippen molar-refractivity contribution in [3.05, 3.63) is 113 Å². The van der Waals surface area contributed by atoms with Gasteiger partial charge in [0.15, 0.2) is 0 Å². The Morgan fingerprint density at radius 2 is 1.53 bits per heavy atom. The second-order valence-electron chi connectivity index (χ2n) is 9.55. The molecular formula is C32H29F3N4O4. The zero-order chi connectivity index (χ0) is 31.1. The van der Waals surface area contributed by atoms with Crippen molar-refractivity contribution in [2.24, 2.45) is 0 Å². The molecule has 0 fully saturated rings. The van der Waals surface area contributed by atoms with E-state index in [1.165, 1.54) is 54.7 Å². The molecule has 0 aliphatic heterocycles. The van der Waals surface area contributed by atoms with Crippen LogP contribution in [0.4, 0.5) is 24.5 Å². The van der Waals surface area contributed by atoms with Crippen molar-refractivity contribution < 1.29 is 32.7 Å². The third-order valence-electron chi connectivity index (χ3n) is 6.76. The van der Waals surface area contributed by atoms with Gasteiger partial charge in [0.1, 0.15) is 0 Å². The van der Waals surface area contributed by atoms with E-state index in [1.807, 2.05) is 26.0 Å². The fourth-order valence-electron chi connectivity index (χ4n) is 4.49. The highest BCUT2D eigenvalue weighted by Crippen LogP contribution is 2.33. The molecule has 222 valence electrons. The number of carboxylic acids is 1. The molecule has 3 N–H and O–H groups in total. The lowest BCUT2D eigenvalue weighted by atomic mass is 10.0. The van der Waals surface area contributed by atoms with Crippen LogP contribution in [0.2, 0.25) is 0 Å². The molecule has 43 heavy (non-hydrogen) atoms. The summed E-state index contributed by atoms with van der Waals surface area (Å²) in [5, 5.41) is 14.8. The summed E-state index contributed by atoms with van der Waals surface area (Å²) in [5.74, 6) is -2.21. The number of pyridine rings is 1. The average molecular weight is 591 g/mol. The average Bonchev–Trinajstić information content (AvgIpc) is 3.01. The molecule has 0 aliphatic carbocycles. The van der Waals surface area contributed by atoms with Crippen LogP contribution < -0.4 is 15.5 Å². The number of rotatable bonds is 10. The van der Waals surface area contributed by atoms with Gasteiger partial charge >= 0.3 is 12.1 Å². The summed E-state index contributed by atoms with van der Waals surface area (Å²) in [4.78, 5) is 44.0. The van der Waals surface area contributed by atoms with E-state index in [-0.39, 0.29) is 23.2 Å². The zero-order valence-corrected chi connectivity index (χ0v) is 23.4. The molecule has 4 rings (SSSR count). The van der Waals surface area contributed by atoms with Crippen LogP contribution in [0.5, 0.6) is 0 Å². The standard InChI is InChI=1S/C32H29F3N4O4/c1-3-39(4-2)25-11-12-27(38-30(41)21-8-6-9-23(16-21)31(42)43)26(18-25)28-17-22(13-14-36-28)29(40)37-19-20-7-5-10-24(15-20)32(33,34)35/h5-18H,3-4,19H2,1-2H3,(H,37,40)(H,38,41)(H,42,43). The van der Waals surface area contributed by atoms with Gasteiger partial charge in [0.25, 0.3) is 11.8 Å². The number of halogens is 3. The summed E-state index contributed by atoms with van der Waals surface area (Å²) in [6.45, 7) is 5.32.